The molecule has 0 aliphatic heterocycles. The van der Waals surface area contributed by atoms with E-state index in [2.05, 4.69) is 5.32 Å². The Morgan fingerprint density at radius 3 is 2.55 bits per heavy atom. The summed E-state index contributed by atoms with van der Waals surface area (Å²) >= 11 is 0. The molecule has 4 aromatic rings. The van der Waals surface area contributed by atoms with Crippen molar-refractivity contribution in [2.24, 2.45) is 0 Å². The highest BCUT2D eigenvalue weighted by atomic mass is 16.5. The van der Waals surface area contributed by atoms with E-state index in [-0.39, 0.29) is 12.5 Å². The topological polar surface area (TPSA) is 89.2 Å². The van der Waals surface area contributed by atoms with Crippen LogP contribution in [0, 0.1) is 11.3 Å². The van der Waals surface area contributed by atoms with Crippen molar-refractivity contribution in [1.82, 2.24) is 15.1 Å². The van der Waals surface area contributed by atoms with E-state index in [0.717, 1.165) is 22.6 Å². The average Bonchev–Trinajstić information content (AvgIpc) is 3.32. The highest BCUT2D eigenvalue weighted by molar-refractivity contribution is 5.99. The third-order valence-corrected chi connectivity index (χ3v) is 5.00. The number of benzene rings is 3. The number of hydrogen-bond donors (Lipinski definition) is 1. The van der Waals surface area contributed by atoms with Crippen molar-refractivity contribution in [1.29, 1.82) is 5.26 Å². The minimum Gasteiger partial charge on any atom is -0.497 e. The summed E-state index contributed by atoms with van der Waals surface area (Å²) < 4.78 is 12.3. The second kappa shape index (κ2) is 10.2. The van der Waals surface area contributed by atoms with Crippen LogP contribution in [0.2, 0.25) is 0 Å². The molecule has 0 spiro atoms. The quantitative estimate of drug-likeness (QED) is 0.441. The lowest BCUT2D eigenvalue weighted by Crippen LogP contribution is -2.23. The molecule has 7 heteroatoms. The fraction of sp³-hybridized carbons (Fsp3) is 0.115. The molecule has 0 atom stereocenters. The van der Waals surface area contributed by atoms with Gasteiger partial charge in [0.25, 0.3) is 5.91 Å². The molecular weight excluding hydrogens is 416 g/mol. The van der Waals surface area contributed by atoms with E-state index < -0.39 is 0 Å². The van der Waals surface area contributed by atoms with E-state index in [1.165, 1.54) is 0 Å². The maximum Gasteiger partial charge on any atom is 0.255 e. The fourth-order valence-corrected chi connectivity index (χ4v) is 3.35. The molecule has 0 fully saturated rings. The molecule has 4 rings (SSSR count). The first kappa shape index (κ1) is 21.7. The van der Waals surface area contributed by atoms with Gasteiger partial charge in [-0.05, 0) is 54.1 Å². The number of para-hydroxylation sites is 1. The van der Waals surface area contributed by atoms with Crippen LogP contribution < -0.4 is 14.8 Å². The van der Waals surface area contributed by atoms with Crippen molar-refractivity contribution < 1.29 is 14.3 Å². The molecule has 0 radical (unpaired) electrons. The lowest BCUT2D eigenvalue weighted by atomic mass is 10.1. The predicted molar refractivity (Wildman–Crippen MR) is 124 cm³/mol. The number of carbonyl (C=O) groups is 1. The van der Waals surface area contributed by atoms with Gasteiger partial charge in [0.05, 0.1) is 18.4 Å². The van der Waals surface area contributed by atoms with Crippen LogP contribution in [0.5, 0.6) is 11.5 Å². The van der Waals surface area contributed by atoms with Crippen molar-refractivity contribution in [2.75, 3.05) is 13.7 Å². The zero-order valence-corrected chi connectivity index (χ0v) is 18.1. The maximum atomic E-state index is 13.2. The zero-order chi connectivity index (χ0) is 23.0. The van der Waals surface area contributed by atoms with Gasteiger partial charge in [0.2, 0.25) is 0 Å². The molecular formula is C26H22N4O3. The van der Waals surface area contributed by atoms with E-state index in [9.17, 15) is 4.79 Å². The van der Waals surface area contributed by atoms with Gasteiger partial charge in [-0.1, -0.05) is 30.3 Å². The van der Waals surface area contributed by atoms with Crippen LogP contribution >= 0.6 is 0 Å². The molecule has 0 saturated carbocycles. The monoisotopic (exact) mass is 438 g/mol. The van der Waals surface area contributed by atoms with E-state index in [1.807, 2.05) is 72.8 Å². The molecule has 1 amide bonds. The zero-order valence-electron chi connectivity index (χ0n) is 18.1. The molecule has 0 aliphatic carbocycles. The highest BCUT2D eigenvalue weighted by Crippen LogP contribution is 2.26. The van der Waals surface area contributed by atoms with Crippen LogP contribution in [0.4, 0.5) is 0 Å². The van der Waals surface area contributed by atoms with Crippen LogP contribution in [0.25, 0.3) is 16.9 Å². The largest absolute Gasteiger partial charge is 0.497 e. The Morgan fingerprint density at radius 2 is 1.82 bits per heavy atom. The summed E-state index contributed by atoms with van der Waals surface area (Å²) in [6.07, 6.45) is 1.73. The summed E-state index contributed by atoms with van der Waals surface area (Å²) in [6.45, 7) is 0.279. The average molecular weight is 438 g/mol. The molecule has 0 saturated heterocycles. The Morgan fingerprint density at radius 1 is 1.03 bits per heavy atom. The fourth-order valence-electron chi connectivity index (χ4n) is 3.35. The van der Waals surface area contributed by atoms with Gasteiger partial charge in [-0.3, -0.25) is 4.79 Å². The van der Waals surface area contributed by atoms with Gasteiger partial charge in [-0.25, -0.2) is 4.68 Å². The van der Waals surface area contributed by atoms with Crippen LogP contribution in [0.3, 0.4) is 0 Å². The number of nitriles is 1. The minimum atomic E-state index is -0.244. The first-order valence-electron chi connectivity index (χ1n) is 10.3. The van der Waals surface area contributed by atoms with Crippen LogP contribution in [0.1, 0.15) is 15.9 Å². The first-order valence-corrected chi connectivity index (χ1v) is 10.3. The normalized spacial score (nSPS) is 10.3. The second-order valence-electron chi connectivity index (χ2n) is 7.18. The number of amides is 1. The van der Waals surface area contributed by atoms with Gasteiger partial charge in [0, 0.05) is 18.3 Å². The Balaban J connectivity index is 1.60. The summed E-state index contributed by atoms with van der Waals surface area (Å²) in [5.74, 6) is 1.07. The van der Waals surface area contributed by atoms with Gasteiger partial charge in [-0.2, -0.15) is 10.4 Å². The molecule has 164 valence electrons. The second-order valence-corrected chi connectivity index (χ2v) is 7.18. The van der Waals surface area contributed by atoms with Crippen molar-refractivity contribution >= 4 is 5.91 Å². The van der Waals surface area contributed by atoms with E-state index in [4.69, 9.17) is 19.8 Å². The number of nitrogens with one attached hydrogen (secondary N) is 1. The number of aromatic nitrogens is 2. The van der Waals surface area contributed by atoms with Crippen molar-refractivity contribution in [2.45, 2.75) is 6.54 Å². The molecule has 33 heavy (non-hydrogen) atoms. The number of ether oxygens (including phenoxy) is 2. The number of methoxy groups -OCH3 is 1. The van der Waals surface area contributed by atoms with Gasteiger partial charge >= 0.3 is 0 Å². The van der Waals surface area contributed by atoms with Crippen molar-refractivity contribution in [3.05, 3.63) is 96.2 Å². The van der Waals surface area contributed by atoms with E-state index in [1.54, 1.807) is 30.1 Å². The molecule has 0 bridgehead atoms. The number of nitrogens with zero attached hydrogens (tertiary/aromatic N) is 3. The van der Waals surface area contributed by atoms with E-state index in [0.29, 0.717) is 23.6 Å². The van der Waals surface area contributed by atoms with Gasteiger partial charge < -0.3 is 14.8 Å². The van der Waals surface area contributed by atoms with Gasteiger partial charge in [0.15, 0.2) is 6.61 Å². The van der Waals surface area contributed by atoms with Crippen LogP contribution in [-0.2, 0) is 6.54 Å². The van der Waals surface area contributed by atoms with Crippen molar-refractivity contribution in [3.8, 4) is 34.5 Å². The Labute approximate surface area is 191 Å². The summed E-state index contributed by atoms with van der Waals surface area (Å²) in [7, 11) is 1.61. The van der Waals surface area contributed by atoms with Crippen molar-refractivity contribution in [3.63, 3.8) is 0 Å². The summed E-state index contributed by atoms with van der Waals surface area (Å²) in [5, 5.41) is 16.3. The highest BCUT2D eigenvalue weighted by Gasteiger charge is 2.19. The molecule has 1 aromatic heterocycles. The smallest absolute Gasteiger partial charge is 0.255 e. The SMILES string of the molecule is COc1ccc(-c2nn(-c3ccccc3)cc2C(=O)NCc2cccc(OCC#N)c2)cc1. The number of carbonyl (C=O) groups excluding carboxylic acids is 1. The third-order valence-electron chi connectivity index (χ3n) is 5.00. The first-order chi connectivity index (χ1) is 16.2. The standard InChI is InChI=1S/C26H22N4O3/c1-32-22-12-10-20(11-13-22)25-24(18-30(29-25)21-7-3-2-4-8-21)26(31)28-17-19-6-5-9-23(16-19)33-15-14-27/h2-13,16,18H,15,17H2,1H3,(H,28,31). The Bertz CT molecular complexity index is 1280. The number of rotatable bonds is 8. The van der Waals surface area contributed by atoms with Gasteiger partial charge in [0.1, 0.15) is 23.3 Å². The molecule has 1 N–H and O–H groups in total. The lowest BCUT2D eigenvalue weighted by molar-refractivity contribution is 0.0951. The summed E-state index contributed by atoms with van der Waals surface area (Å²) in [5.41, 5.74) is 3.56. The predicted octanol–water partition coefficient (Wildman–Crippen LogP) is 4.38. The van der Waals surface area contributed by atoms with E-state index >= 15 is 0 Å². The third kappa shape index (κ3) is 5.20. The Hall–Kier alpha value is -4.57. The van der Waals surface area contributed by atoms with Gasteiger partial charge in [-0.15, -0.1) is 0 Å². The maximum absolute atomic E-state index is 13.2. The molecule has 3 aromatic carbocycles. The number of hydrogen-bond acceptors (Lipinski definition) is 5. The molecule has 7 nitrogen and oxygen atoms in total. The lowest BCUT2D eigenvalue weighted by Gasteiger charge is -2.08. The molecule has 0 unspecified atom stereocenters. The molecule has 0 aliphatic rings. The Kier molecular flexibility index (Phi) is 6.67. The molecule has 1 heterocycles. The minimum absolute atomic E-state index is 0.0281. The van der Waals surface area contributed by atoms with Crippen LogP contribution in [0.15, 0.2) is 85.1 Å². The summed E-state index contributed by atoms with van der Waals surface area (Å²) in [4.78, 5) is 13.2. The summed E-state index contributed by atoms with van der Waals surface area (Å²) in [6, 6.07) is 26.3. The van der Waals surface area contributed by atoms with Crippen LogP contribution in [-0.4, -0.2) is 29.4 Å².